The Labute approximate surface area is 177 Å². The number of aromatic nitrogens is 3. The van der Waals surface area contributed by atoms with E-state index in [9.17, 15) is 0 Å². The molecule has 0 radical (unpaired) electrons. The van der Waals surface area contributed by atoms with Crippen LogP contribution in [0.1, 0.15) is 34.6 Å². The van der Waals surface area contributed by atoms with Crippen molar-refractivity contribution in [3.63, 3.8) is 0 Å². The number of rotatable bonds is 5. The Morgan fingerprint density at radius 3 is 2.13 bits per heavy atom. The first-order valence-electron chi connectivity index (χ1n) is 10.2. The van der Waals surface area contributed by atoms with E-state index < -0.39 is 0 Å². The molecule has 154 valence electrons. The molecule has 0 atom stereocenters. The minimum absolute atomic E-state index is 0.156. The Hall–Kier alpha value is -3.34. The number of imidazole rings is 1. The highest BCUT2D eigenvalue weighted by molar-refractivity contribution is 5.69. The Morgan fingerprint density at radius 1 is 0.800 bits per heavy atom. The van der Waals surface area contributed by atoms with Gasteiger partial charge in [0.25, 0.3) is 0 Å². The Morgan fingerprint density at radius 2 is 1.50 bits per heavy atom. The van der Waals surface area contributed by atoms with Crippen LogP contribution in [0.25, 0.3) is 28.0 Å². The SMILES string of the molecule is CC(C)Oc1ccc(-c2cnc3ccc(-c4ccc(OC(C)(C)C)nc4)cn23)cc1. The molecule has 5 nitrogen and oxygen atoms in total. The molecule has 0 aliphatic carbocycles. The van der Waals surface area contributed by atoms with Crippen molar-refractivity contribution in [2.75, 3.05) is 0 Å². The summed E-state index contributed by atoms with van der Waals surface area (Å²) in [6.45, 7) is 10.1. The van der Waals surface area contributed by atoms with Crippen LogP contribution in [0.3, 0.4) is 0 Å². The zero-order valence-electron chi connectivity index (χ0n) is 18.1. The fraction of sp³-hybridized carbons (Fsp3) is 0.280. The lowest BCUT2D eigenvalue weighted by Crippen LogP contribution is -2.23. The van der Waals surface area contributed by atoms with Gasteiger partial charge in [-0.05, 0) is 77.1 Å². The van der Waals surface area contributed by atoms with Crippen LogP contribution in [-0.2, 0) is 0 Å². The summed E-state index contributed by atoms with van der Waals surface area (Å²) in [4.78, 5) is 9.01. The summed E-state index contributed by atoms with van der Waals surface area (Å²) in [5.74, 6) is 1.49. The van der Waals surface area contributed by atoms with Gasteiger partial charge in [-0.15, -0.1) is 0 Å². The van der Waals surface area contributed by atoms with Crippen LogP contribution in [0.5, 0.6) is 11.6 Å². The number of hydrogen-bond acceptors (Lipinski definition) is 4. The average molecular weight is 402 g/mol. The summed E-state index contributed by atoms with van der Waals surface area (Å²) in [5, 5.41) is 0. The highest BCUT2D eigenvalue weighted by atomic mass is 16.5. The maximum Gasteiger partial charge on any atom is 0.213 e. The summed E-state index contributed by atoms with van der Waals surface area (Å²) in [7, 11) is 0. The Bertz CT molecular complexity index is 1140. The van der Waals surface area contributed by atoms with Crippen LogP contribution in [0.4, 0.5) is 0 Å². The molecule has 5 heteroatoms. The minimum atomic E-state index is -0.269. The van der Waals surface area contributed by atoms with Gasteiger partial charge in [0.2, 0.25) is 5.88 Å². The first-order valence-corrected chi connectivity index (χ1v) is 10.2. The summed E-state index contributed by atoms with van der Waals surface area (Å²) >= 11 is 0. The molecule has 0 bridgehead atoms. The van der Waals surface area contributed by atoms with Crippen LogP contribution < -0.4 is 9.47 Å². The van der Waals surface area contributed by atoms with Crippen LogP contribution >= 0.6 is 0 Å². The molecule has 30 heavy (non-hydrogen) atoms. The standard InChI is InChI=1S/C25H27N3O2/c1-17(2)29-21-10-6-18(7-11-21)22-15-26-23-12-8-20(16-28(22)23)19-9-13-24(27-14-19)30-25(3,4)5/h6-17H,1-5H3. The molecule has 1 aromatic carbocycles. The van der Waals surface area contributed by atoms with Crippen molar-refractivity contribution >= 4 is 5.65 Å². The molecule has 3 heterocycles. The summed E-state index contributed by atoms with van der Waals surface area (Å²) in [5.41, 5.74) is 4.84. The highest BCUT2D eigenvalue weighted by Gasteiger charge is 2.13. The molecule has 0 N–H and O–H groups in total. The molecule has 0 fully saturated rings. The molecule has 0 spiro atoms. The van der Waals surface area contributed by atoms with Crippen LogP contribution in [0.2, 0.25) is 0 Å². The first-order chi connectivity index (χ1) is 14.3. The zero-order chi connectivity index (χ0) is 21.3. The number of nitrogens with zero attached hydrogens (tertiary/aromatic N) is 3. The van der Waals surface area contributed by atoms with E-state index in [1.165, 1.54) is 0 Å². The average Bonchev–Trinajstić information content (AvgIpc) is 3.11. The third kappa shape index (κ3) is 4.46. The predicted octanol–water partition coefficient (Wildman–Crippen LogP) is 6.03. The monoisotopic (exact) mass is 401 g/mol. The van der Waals surface area contributed by atoms with Gasteiger partial charge in [-0.25, -0.2) is 9.97 Å². The second-order valence-corrected chi connectivity index (χ2v) is 8.58. The van der Waals surface area contributed by atoms with Crippen molar-refractivity contribution in [1.82, 2.24) is 14.4 Å². The molecule has 0 aliphatic rings. The lowest BCUT2D eigenvalue weighted by molar-refractivity contribution is 0.124. The minimum Gasteiger partial charge on any atom is -0.491 e. The van der Waals surface area contributed by atoms with Crippen molar-refractivity contribution in [2.45, 2.75) is 46.3 Å². The van der Waals surface area contributed by atoms with E-state index >= 15 is 0 Å². The van der Waals surface area contributed by atoms with E-state index in [0.717, 1.165) is 33.8 Å². The van der Waals surface area contributed by atoms with E-state index in [4.69, 9.17) is 9.47 Å². The van der Waals surface area contributed by atoms with Crippen molar-refractivity contribution in [3.8, 4) is 34.0 Å². The smallest absolute Gasteiger partial charge is 0.213 e. The molecule has 0 saturated carbocycles. The largest absolute Gasteiger partial charge is 0.491 e. The first kappa shape index (κ1) is 20.0. The van der Waals surface area contributed by atoms with Crippen LogP contribution in [0, 0.1) is 0 Å². The van der Waals surface area contributed by atoms with Gasteiger partial charge in [0, 0.05) is 35.2 Å². The molecule has 0 saturated heterocycles. The van der Waals surface area contributed by atoms with E-state index in [1.807, 2.05) is 77.3 Å². The Balaban J connectivity index is 1.65. The number of hydrogen-bond donors (Lipinski definition) is 0. The summed E-state index contributed by atoms with van der Waals surface area (Å²) in [6, 6.07) is 16.1. The fourth-order valence-corrected chi connectivity index (χ4v) is 3.27. The summed E-state index contributed by atoms with van der Waals surface area (Å²) in [6.07, 6.45) is 5.99. The van der Waals surface area contributed by atoms with Gasteiger partial charge in [0.05, 0.1) is 18.0 Å². The Kier molecular flexibility index (Phi) is 5.20. The van der Waals surface area contributed by atoms with Gasteiger partial charge in [-0.2, -0.15) is 0 Å². The van der Waals surface area contributed by atoms with Gasteiger partial charge in [0.1, 0.15) is 17.0 Å². The van der Waals surface area contributed by atoms with Gasteiger partial charge >= 0.3 is 0 Å². The molecule has 0 unspecified atom stereocenters. The van der Waals surface area contributed by atoms with Gasteiger partial charge in [-0.1, -0.05) is 0 Å². The van der Waals surface area contributed by atoms with Crippen molar-refractivity contribution in [2.24, 2.45) is 0 Å². The molecular weight excluding hydrogens is 374 g/mol. The van der Waals surface area contributed by atoms with E-state index in [0.29, 0.717) is 5.88 Å². The number of ether oxygens (including phenoxy) is 2. The zero-order valence-corrected chi connectivity index (χ0v) is 18.1. The highest BCUT2D eigenvalue weighted by Crippen LogP contribution is 2.27. The maximum absolute atomic E-state index is 5.82. The topological polar surface area (TPSA) is 48.7 Å². The molecular formula is C25H27N3O2. The molecule has 4 rings (SSSR count). The fourth-order valence-electron chi connectivity index (χ4n) is 3.27. The van der Waals surface area contributed by atoms with Gasteiger partial charge < -0.3 is 9.47 Å². The third-order valence-corrected chi connectivity index (χ3v) is 4.51. The maximum atomic E-state index is 5.82. The number of benzene rings is 1. The lowest BCUT2D eigenvalue weighted by atomic mass is 10.1. The molecule has 0 amide bonds. The van der Waals surface area contributed by atoms with Gasteiger partial charge in [0.15, 0.2) is 0 Å². The normalized spacial score (nSPS) is 11.8. The van der Waals surface area contributed by atoms with Crippen molar-refractivity contribution in [1.29, 1.82) is 0 Å². The van der Waals surface area contributed by atoms with Crippen LogP contribution in [-0.4, -0.2) is 26.1 Å². The molecule has 0 aliphatic heterocycles. The lowest BCUT2D eigenvalue weighted by Gasteiger charge is -2.20. The van der Waals surface area contributed by atoms with E-state index in [-0.39, 0.29) is 11.7 Å². The van der Waals surface area contributed by atoms with E-state index in [1.54, 1.807) is 0 Å². The molecule has 3 aromatic heterocycles. The van der Waals surface area contributed by atoms with E-state index in [2.05, 4.69) is 38.8 Å². The van der Waals surface area contributed by atoms with Crippen molar-refractivity contribution in [3.05, 3.63) is 67.1 Å². The number of fused-ring (bicyclic) bond motifs is 1. The third-order valence-electron chi connectivity index (χ3n) is 4.51. The number of pyridine rings is 2. The predicted molar refractivity (Wildman–Crippen MR) is 120 cm³/mol. The summed E-state index contributed by atoms with van der Waals surface area (Å²) < 4.78 is 13.7. The van der Waals surface area contributed by atoms with Crippen molar-refractivity contribution < 1.29 is 9.47 Å². The van der Waals surface area contributed by atoms with Crippen LogP contribution in [0.15, 0.2) is 67.1 Å². The quantitative estimate of drug-likeness (QED) is 0.410. The second-order valence-electron chi connectivity index (χ2n) is 8.58. The molecule has 4 aromatic rings. The van der Waals surface area contributed by atoms with Gasteiger partial charge in [-0.3, -0.25) is 4.40 Å². The second kappa shape index (κ2) is 7.82.